The van der Waals surface area contributed by atoms with E-state index >= 15 is 0 Å². The van der Waals surface area contributed by atoms with Crippen LogP contribution in [0.15, 0.2) is 33.7 Å². The molecule has 2 aliphatic rings. The summed E-state index contributed by atoms with van der Waals surface area (Å²) >= 11 is 3.72. The Bertz CT molecular complexity index is 630. The zero-order chi connectivity index (χ0) is 18.6. The minimum absolute atomic E-state index is 0. The number of aliphatic imine (C=N–C) groups is 1. The first kappa shape index (κ1) is 22.9. The Labute approximate surface area is 190 Å². The van der Waals surface area contributed by atoms with E-state index in [0.717, 1.165) is 19.0 Å². The summed E-state index contributed by atoms with van der Waals surface area (Å²) in [4.78, 5) is 7.04. The lowest BCUT2D eigenvalue weighted by atomic mass is 9.96. The van der Waals surface area contributed by atoms with E-state index in [0.29, 0.717) is 12.0 Å². The van der Waals surface area contributed by atoms with Gasteiger partial charge in [-0.05, 0) is 63.6 Å². The van der Waals surface area contributed by atoms with Crippen molar-refractivity contribution in [2.24, 2.45) is 10.9 Å². The molecule has 1 heterocycles. The second kappa shape index (κ2) is 10.4. The van der Waals surface area contributed by atoms with Crippen LogP contribution in [-0.4, -0.2) is 50.1 Å². The van der Waals surface area contributed by atoms with Gasteiger partial charge in [-0.3, -0.25) is 4.99 Å². The number of likely N-dealkylation sites (tertiary alicyclic amines) is 1. The largest absolute Gasteiger partial charge is 0.356 e. The molecule has 152 valence electrons. The molecular weight excluding hydrogens is 515 g/mol. The fourth-order valence-corrected chi connectivity index (χ4v) is 4.74. The second-order valence-electron chi connectivity index (χ2n) is 8.16. The Hall–Kier alpha value is -0.340. The summed E-state index contributed by atoms with van der Waals surface area (Å²) in [6, 6.07) is 9.26. The topological polar surface area (TPSA) is 39.7 Å². The second-order valence-corrected chi connectivity index (χ2v) is 9.02. The fourth-order valence-electron chi connectivity index (χ4n) is 4.03. The van der Waals surface area contributed by atoms with Crippen molar-refractivity contribution in [3.8, 4) is 0 Å². The van der Waals surface area contributed by atoms with Crippen LogP contribution in [-0.2, 0) is 5.41 Å². The molecule has 0 spiro atoms. The quantitative estimate of drug-likeness (QED) is 0.315. The molecular formula is C21H34BrIN4. The van der Waals surface area contributed by atoms with Crippen LogP contribution >= 0.6 is 39.9 Å². The first-order valence-electron chi connectivity index (χ1n) is 9.98. The Balaban J connectivity index is 0.00000261. The van der Waals surface area contributed by atoms with Crippen molar-refractivity contribution in [1.29, 1.82) is 0 Å². The number of nitrogens with zero attached hydrogens (tertiary/aromatic N) is 2. The third-order valence-electron chi connectivity index (χ3n) is 5.96. The van der Waals surface area contributed by atoms with E-state index in [9.17, 15) is 0 Å². The number of benzene rings is 1. The molecule has 0 amide bonds. The van der Waals surface area contributed by atoms with E-state index in [1.165, 1.54) is 48.8 Å². The molecule has 0 radical (unpaired) electrons. The van der Waals surface area contributed by atoms with Gasteiger partial charge in [0.2, 0.25) is 0 Å². The first-order chi connectivity index (χ1) is 12.5. The Morgan fingerprint density at radius 2 is 2.04 bits per heavy atom. The highest BCUT2D eigenvalue weighted by Crippen LogP contribution is 2.49. The van der Waals surface area contributed by atoms with Crippen LogP contribution in [0, 0.1) is 5.92 Å². The summed E-state index contributed by atoms with van der Waals surface area (Å²) < 4.78 is 1.22. The van der Waals surface area contributed by atoms with E-state index in [-0.39, 0.29) is 29.4 Å². The van der Waals surface area contributed by atoms with Crippen LogP contribution in [0.25, 0.3) is 0 Å². The monoisotopic (exact) mass is 548 g/mol. The summed E-state index contributed by atoms with van der Waals surface area (Å²) in [5.74, 6) is 1.65. The molecule has 1 unspecified atom stereocenters. The highest BCUT2D eigenvalue weighted by Gasteiger charge is 2.45. The molecule has 1 aliphatic carbocycles. The molecule has 1 aliphatic heterocycles. The third kappa shape index (κ3) is 6.07. The molecule has 1 saturated carbocycles. The molecule has 1 saturated heterocycles. The fraction of sp³-hybridized carbons (Fsp3) is 0.667. The maximum atomic E-state index is 4.44. The zero-order valence-electron chi connectivity index (χ0n) is 16.8. The van der Waals surface area contributed by atoms with Crippen LogP contribution in [0.3, 0.4) is 0 Å². The summed E-state index contributed by atoms with van der Waals surface area (Å²) in [6.07, 6.45) is 5.10. The highest BCUT2D eigenvalue weighted by molar-refractivity contribution is 14.0. The van der Waals surface area contributed by atoms with Gasteiger partial charge in [-0.2, -0.15) is 0 Å². The molecule has 2 N–H and O–H groups in total. The van der Waals surface area contributed by atoms with Gasteiger partial charge >= 0.3 is 0 Å². The molecule has 1 atom stereocenters. The number of nitrogens with one attached hydrogen (secondary N) is 2. The number of hydrogen-bond acceptors (Lipinski definition) is 2. The molecule has 1 aromatic carbocycles. The lowest BCUT2D eigenvalue weighted by Gasteiger charge is -2.35. The van der Waals surface area contributed by atoms with Gasteiger partial charge in [-0.1, -0.05) is 34.1 Å². The van der Waals surface area contributed by atoms with E-state index in [1.807, 2.05) is 7.05 Å². The molecule has 6 heteroatoms. The van der Waals surface area contributed by atoms with E-state index in [1.54, 1.807) is 0 Å². The number of rotatable bonds is 6. The van der Waals surface area contributed by atoms with Crippen molar-refractivity contribution < 1.29 is 0 Å². The molecule has 1 aromatic rings. The number of hydrogen-bond donors (Lipinski definition) is 2. The summed E-state index contributed by atoms with van der Waals surface area (Å²) in [7, 11) is 1.87. The molecule has 0 bridgehead atoms. The van der Waals surface area contributed by atoms with Gasteiger partial charge < -0.3 is 15.5 Å². The maximum Gasteiger partial charge on any atom is 0.191 e. The first-order valence-corrected chi connectivity index (χ1v) is 10.8. The van der Waals surface area contributed by atoms with Crippen LogP contribution in [0.5, 0.6) is 0 Å². The number of halogens is 2. The molecule has 4 nitrogen and oxygen atoms in total. The Morgan fingerprint density at radius 1 is 1.30 bits per heavy atom. The van der Waals surface area contributed by atoms with Crippen molar-refractivity contribution in [2.75, 3.05) is 33.2 Å². The number of guanidine groups is 1. The van der Waals surface area contributed by atoms with Crippen LogP contribution < -0.4 is 10.6 Å². The van der Waals surface area contributed by atoms with Gasteiger partial charge in [0, 0.05) is 42.6 Å². The van der Waals surface area contributed by atoms with Crippen molar-refractivity contribution in [1.82, 2.24) is 15.5 Å². The van der Waals surface area contributed by atoms with Crippen molar-refractivity contribution >= 4 is 45.9 Å². The maximum absolute atomic E-state index is 4.44. The predicted molar refractivity (Wildman–Crippen MR) is 129 cm³/mol. The molecule has 3 rings (SSSR count). The van der Waals surface area contributed by atoms with Crippen molar-refractivity contribution in [3.05, 3.63) is 34.3 Å². The zero-order valence-corrected chi connectivity index (χ0v) is 20.7. The van der Waals surface area contributed by atoms with Gasteiger partial charge in [-0.15, -0.1) is 24.0 Å². The van der Waals surface area contributed by atoms with Gasteiger partial charge in [0.15, 0.2) is 5.96 Å². The predicted octanol–water partition coefficient (Wildman–Crippen LogP) is 4.38. The van der Waals surface area contributed by atoms with Crippen LogP contribution in [0.4, 0.5) is 0 Å². The average molecular weight is 549 g/mol. The molecule has 2 fully saturated rings. The summed E-state index contributed by atoms with van der Waals surface area (Å²) in [5.41, 5.74) is 1.68. The van der Waals surface area contributed by atoms with E-state index in [4.69, 9.17) is 0 Å². The molecule has 0 aromatic heterocycles. The van der Waals surface area contributed by atoms with Crippen LogP contribution in [0.2, 0.25) is 0 Å². The third-order valence-corrected chi connectivity index (χ3v) is 6.65. The lowest BCUT2D eigenvalue weighted by molar-refractivity contribution is 0.141. The smallest absolute Gasteiger partial charge is 0.191 e. The van der Waals surface area contributed by atoms with E-state index < -0.39 is 0 Å². The highest BCUT2D eigenvalue weighted by atomic mass is 127. The van der Waals surface area contributed by atoms with E-state index in [2.05, 4.69) is 74.6 Å². The SMILES string of the molecule is CN=C(NCC1CCCN(C(C)C)C1)NCC1(c2ccccc2Br)CC1.I. The van der Waals surface area contributed by atoms with Crippen molar-refractivity contribution in [3.63, 3.8) is 0 Å². The minimum Gasteiger partial charge on any atom is -0.356 e. The Morgan fingerprint density at radius 3 is 2.67 bits per heavy atom. The van der Waals surface area contributed by atoms with Crippen LogP contribution in [0.1, 0.15) is 45.1 Å². The number of piperidine rings is 1. The van der Waals surface area contributed by atoms with Gasteiger partial charge in [0.1, 0.15) is 0 Å². The minimum atomic E-state index is 0. The summed E-state index contributed by atoms with van der Waals surface area (Å²) in [6.45, 7) is 8.99. The summed E-state index contributed by atoms with van der Waals surface area (Å²) in [5, 5.41) is 7.14. The molecule has 27 heavy (non-hydrogen) atoms. The van der Waals surface area contributed by atoms with Gasteiger partial charge in [-0.25, -0.2) is 0 Å². The lowest BCUT2D eigenvalue weighted by Crippen LogP contribution is -2.47. The van der Waals surface area contributed by atoms with Gasteiger partial charge in [0.25, 0.3) is 0 Å². The normalized spacial score (nSPS) is 22.3. The average Bonchev–Trinajstić information content (AvgIpc) is 3.43. The van der Waals surface area contributed by atoms with Crippen molar-refractivity contribution in [2.45, 2.75) is 51.0 Å². The standard InChI is InChI=1S/C21H33BrN4.HI/c1-16(2)26-12-6-7-17(14-26)13-24-20(23-3)25-15-21(10-11-21)18-8-4-5-9-19(18)22;/h4-5,8-9,16-17H,6-7,10-15H2,1-3H3,(H2,23,24,25);1H. The Kier molecular flexibility index (Phi) is 8.87. The van der Waals surface area contributed by atoms with Gasteiger partial charge in [0.05, 0.1) is 0 Å².